The Labute approximate surface area is 139 Å². The Balaban J connectivity index is 1.55. The number of nitrogens with one attached hydrogen (secondary N) is 1. The molecule has 1 atom stereocenters. The molecule has 6 heteroatoms. The maximum atomic E-state index is 12.1. The smallest absolute Gasteiger partial charge is 0.254 e. The molecule has 2 heterocycles. The van der Waals surface area contributed by atoms with Crippen LogP contribution < -0.4 is 10.9 Å². The van der Waals surface area contributed by atoms with E-state index in [0.717, 1.165) is 23.0 Å². The first-order valence-electron chi connectivity index (χ1n) is 7.67. The Hall–Kier alpha value is -2.08. The van der Waals surface area contributed by atoms with Gasteiger partial charge in [0.15, 0.2) is 5.16 Å². The van der Waals surface area contributed by atoms with Crippen LogP contribution in [0.4, 0.5) is 0 Å². The summed E-state index contributed by atoms with van der Waals surface area (Å²) in [5, 5.41) is 3.66. The molecular formula is C17H19N3O2S. The Kier molecular flexibility index (Phi) is 4.81. The predicted octanol–water partition coefficient (Wildman–Crippen LogP) is 1.95. The summed E-state index contributed by atoms with van der Waals surface area (Å²) in [6.45, 7) is 2.42. The Bertz CT molecular complexity index is 758. The van der Waals surface area contributed by atoms with Crippen LogP contribution in [0.3, 0.4) is 0 Å². The van der Waals surface area contributed by atoms with Crippen molar-refractivity contribution in [2.75, 3.05) is 12.3 Å². The summed E-state index contributed by atoms with van der Waals surface area (Å²) in [7, 11) is 0. The lowest BCUT2D eigenvalue weighted by Gasteiger charge is -2.13. The number of amides is 1. The van der Waals surface area contributed by atoms with Gasteiger partial charge in [-0.1, -0.05) is 42.1 Å². The van der Waals surface area contributed by atoms with Crippen molar-refractivity contribution in [1.29, 1.82) is 0 Å². The van der Waals surface area contributed by atoms with E-state index in [1.54, 1.807) is 4.57 Å². The molecule has 5 nitrogen and oxygen atoms in total. The average Bonchev–Trinajstić information content (AvgIpc) is 2.91. The first kappa shape index (κ1) is 15.8. The van der Waals surface area contributed by atoms with Crippen LogP contribution in [0.25, 0.3) is 0 Å². The number of hydrogen-bond acceptors (Lipinski definition) is 4. The molecule has 120 valence electrons. The van der Waals surface area contributed by atoms with Gasteiger partial charge < -0.3 is 5.32 Å². The van der Waals surface area contributed by atoms with Crippen molar-refractivity contribution in [2.45, 2.75) is 31.0 Å². The molecule has 23 heavy (non-hydrogen) atoms. The topological polar surface area (TPSA) is 64.0 Å². The lowest BCUT2D eigenvalue weighted by molar-refractivity contribution is -0.121. The van der Waals surface area contributed by atoms with Crippen molar-refractivity contribution >= 4 is 17.7 Å². The van der Waals surface area contributed by atoms with E-state index in [9.17, 15) is 9.59 Å². The van der Waals surface area contributed by atoms with Gasteiger partial charge in [-0.15, -0.1) is 0 Å². The molecule has 1 aromatic heterocycles. The third-order valence-electron chi connectivity index (χ3n) is 3.82. The van der Waals surface area contributed by atoms with Gasteiger partial charge in [-0.05, 0) is 18.9 Å². The number of aryl methyl sites for hydroxylation is 1. The highest BCUT2D eigenvalue weighted by atomic mass is 32.2. The van der Waals surface area contributed by atoms with Gasteiger partial charge in [0.25, 0.3) is 5.56 Å². The zero-order valence-corrected chi connectivity index (χ0v) is 13.8. The number of thioether (sulfide) groups is 1. The van der Waals surface area contributed by atoms with E-state index in [4.69, 9.17) is 0 Å². The molecule has 1 amide bonds. The van der Waals surface area contributed by atoms with E-state index in [1.165, 1.54) is 23.4 Å². The molecule has 0 unspecified atom stereocenters. The summed E-state index contributed by atoms with van der Waals surface area (Å²) >= 11 is 1.54. The minimum Gasteiger partial charge on any atom is -0.356 e. The molecule has 2 aromatic rings. The van der Waals surface area contributed by atoms with Crippen LogP contribution in [-0.2, 0) is 11.2 Å². The maximum absolute atomic E-state index is 12.1. The summed E-state index contributed by atoms with van der Waals surface area (Å²) in [6, 6.07) is 11.5. The Morgan fingerprint density at radius 3 is 2.96 bits per heavy atom. The Morgan fingerprint density at radius 2 is 2.17 bits per heavy atom. The minimum atomic E-state index is -0.104. The third-order valence-corrected chi connectivity index (χ3v) is 4.92. The summed E-state index contributed by atoms with van der Waals surface area (Å²) in [5.41, 5.74) is 1.85. The van der Waals surface area contributed by atoms with Crippen LogP contribution in [-0.4, -0.2) is 27.8 Å². The van der Waals surface area contributed by atoms with Gasteiger partial charge in [0.05, 0.1) is 6.04 Å². The van der Waals surface area contributed by atoms with E-state index in [-0.39, 0.29) is 17.5 Å². The van der Waals surface area contributed by atoms with Gasteiger partial charge in [0.2, 0.25) is 5.91 Å². The number of benzene rings is 1. The second-order valence-corrected chi connectivity index (χ2v) is 6.63. The van der Waals surface area contributed by atoms with Gasteiger partial charge in [0.1, 0.15) is 0 Å². The van der Waals surface area contributed by atoms with Gasteiger partial charge in [-0.25, -0.2) is 4.98 Å². The standard InChI is InChI=1S/C17H19N3O2S/c1-12-9-16(22)20-14(11-23-17(20)19-12)10-15(21)18-8-7-13-5-3-2-4-6-13/h2-6,9,14H,7-8,10-11H2,1H3,(H,18,21)/t14-/m1/s1. The fraction of sp³-hybridized carbons (Fsp3) is 0.353. The number of fused-ring (bicyclic) bond motifs is 1. The molecule has 0 saturated carbocycles. The molecule has 0 fully saturated rings. The third kappa shape index (κ3) is 3.82. The van der Waals surface area contributed by atoms with Gasteiger partial charge in [-0.2, -0.15) is 0 Å². The van der Waals surface area contributed by atoms with E-state index >= 15 is 0 Å². The molecule has 0 bridgehead atoms. The summed E-state index contributed by atoms with van der Waals surface area (Å²) in [6.07, 6.45) is 1.13. The van der Waals surface area contributed by atoms with Crippen LogP contribution in [0.2, 0.25) is 0 Å². The number of carbonyl (C=O) groups is 1. The monoisotopic (exact) mass is 329 g/mol. The second-order valence-electron chi connectivity index (χ2n) is 5.64. The first-order chi connectivity index (χ1) is 11.1. The zero-order valence-electron chi connectivity index (χ0n) is 13.0. The molecule has 3 rings (SSSR count). The summed E-state index contributed by atoms with van der Waals surface area (Å²) in [5.74, 6) is 0.699. The van der Waals surface area contributed by atoms with Gasteiger partial charge >= 0.3 is 0 Å². The Morgan fingerprint density at radius 1 is 1.39 bits per heavy atom. The lowest BCUT2D eigenvalue weighted by atomic mass is 10.1. The van der Waals surface area contributed by atoms with E-state index in [2.05, 4.69) is 10.3 Å². The molecule has 1 aliphatic heterocycles. The fourth-order valence-electron chi connectivity index (χ4n) is 2.69. The minimum absolute atomic E-state index is 0.0214. The first-order valence-corrected chi connectivity index (χ1v) is 8.65. The van der Waals surface area contributed by atoms with Crippen molar-refractivity contribution in [3.05, 3.63) is 58.0 Å². The molecule has 0 saturated heterocycles. The summed E-state index contributed by atoms with van der Waals surface area (Å²) in [4.78, 5) is 28.6. The highest BCUT2D eigenvalue weighted by Crippen LogP contribution is 2.31. The lowest BCUT2D eigenvalue weighted by Crippen LogP contribution is -2.31. The number of nitrogens with zero attached hydrogens (tertiary/aromatic N) is 2. The average molecular weight is 329 g/mol. The van der Waals surface area contributed by atoms with Crippen molar-refractivity contribution in [3.63, 3.8) is 0 Å². The molecule has 1 aromatic carbocycles. The molecule has 1 N–H and O–H groups in total. The molecule has 0 radical (unpaired) electrons. The molecule has 1 aliphatic rings. The number of aromatic nitrogens is 2. The largest absolute Gasteiger partial charge is 0.356 e. The normalized spacial score (nSPS) is 16.1. The van der Waals surface area contributed by atoms with Crippen molar-refractivity contribution in [1.82, 2.24) is 14.9 Å². The van der Waals surface area contributed by atoms with Crippen LogP contribution >= 0.6 is 11.8 Å². The predicted molar refractivity (Wildman–Crippen MR) is 90.8 cm³/mol. The highest BCUT2D eigenvalue weighted by Gasteiger charge is 2.27. The molecule has 0 spiro atoms. The van der Waals surface area contributed by atoms with Crippen molar-refractivity contribution < 1.29 is 4.79 Å². The quantitative estimate of drug-likeness (QED) is 0.852. The maximum Gasteiger partial charge on any atom is 0.254 e. The second kappa shape index (κ2) is 7.00. The van der Waals surface area contributed by atoms with Crippen LogP contribution in [0, 0.1) is 6.92 Å². The van der Waals surface area contributed by atoms with Gasteiger partial charge in [-0.3, -0.25) is 14.2 Å². The number of rotatable bonds is 5. The van der Waals surface area contributed by atoms with Crippen molar-refractivity contribution in [2.24, 2.45) is 0 Å². The molecule has 0 aliphatic carbocycles. The number of carbonyl (C=O) groups excluding carboxylic acids is 1. The summed E-state index contributed by atoms with van der Waals surface area (Å²) < 4.78 is 1.65. The van der Waals surface area contributed by atoms with Crippen LogP contribution in [0.1, 0.15) is 23.7 Å². The fourth-order valence-corrected chi connectivity index (χ4v) is 3.89. The number of hydrogen-bond donors (Lipinski definition) is 1. The SMILES string of the molecule is Cc1cc(=O)n2c(n1)SC[C@H]2CC(=O)NCCc1ccccc1. The van der Waals surface area contributed by atoms with E-state index in [1.807, 2.05) is 37.3 Å². The highest BCUT2D eigenvalue weighted by molar-refractivity contribution is 7.99. The zero-order chi connectivity index (χ0) is 16.2. The van der Waals surface area contributed by atoms with E-state index < -0.39 is 0 Å². The van der Waals surface area contributed by atoms with E-state index in [0.29, 0.717) is 13.0 Å². The molecular weight excluding hydrogens is 310 g/mol. The van der Waals surface area contributed by atoms with Crippen LogP contribution in [0.5, 0.6) is 0 Å². The van der Waals surface area contributed by atoms with Crippen molar-refractivity contribution in [3.8, 4) is 0 Å². The van der Waals surface area contributed by atoms with Crippen LogP contribution in [0.15, 0.2) is 46.3 Å². The van der Waals surface area contributed by atoms with Gasteiger partial charge in [0, 0.05) is 30.5 Å².